The van der Waals surface area contributed by atoms with Crippen LogP contribution in [0.3, 0.4) is 0 Å². The molecule has 0 heterocycles. The number of carbonyl (C=O) groups is 1. The van der Waals surface area contributed by atoms with Crippen LogP contribution >= 0.6 is 11.6 Å². The van der Waals surface area contributed by atoms with E-state index in [2.05, 4.69) is 0 Å². The van der Waals surface area contributed by atoms with E-state index in [1.165, 1.54) is 24.1 Å². The molecule has 0 aliphatic rings. The van der Waals surface area contributed by atoms with Gasteiger partial charge in [0.25, 0.3) is 0 Å². The van der Waals surface area contributed by atoms with Crippen LogP contribution in [0, 0.1) is 0 Å². The van der Waals surface area contributed by atoms with E-state index in [-0.39, 0.29) is 10.6 Å². The monoisotopic (exact) mass is 261 g/mol. The topological polar surface area (TPSA) is 54.5 Å². The van der Waals surface area contributed by atoms with Crippen molar-refractivity contribution >= 4 is 32.5 Å². The van der Waals surface area contributed by atoms with Gasteiger partial charge in [0.05, 0.1) is 10.6 Å². The minimum absolute atomic E-state index is 0.0522. The van der Waals surface area contributed by atoms with E-state index in [4.69, 9.17) is 11.6 Å². The number of hydrogen-bond acceptors (Lipinski definition) is 3. The summed E-state index contributed by atoms with van der Waals surface area (Å²) in [6, 6.07) is 6.01. The molecule has 0 aliphatic heterocycles. The molecule has 0 bridgehead atoms. The Bertz CT molecular complexity index is 481. The highest BCUT2D eigenvalue weighted by atomic mass is 35.5. The number of sulfone groups is 1. The van der Waals surface area contributed by atoms with Gasteiger partial charge in [0.2, 0.25) is 0 Å². The number of carbonyl (C=O) groups excluding carboxylic acids is 1. The average molecular weight is 262 g/mol. The van der Waals surface area contributed by atoms with E-state index in [0.717, 1.165) is 0 Å². The van der Waals surface area contributed by atoms with E-state index >= 15 is 0 Å². The molecule has 0 unspecified atom stereocenters. The number of nitrogens with zero attached hydrogens (tertiary/aromatic N) is 1. The highest BCUT2D eigenvalue weighted by molar-refractivity contribution is 7.91. The molecule has 0 fully saturated rings. The maximum absolute atomic E-state index is 11.5. The van der Waals surface area contributed by atoms with Crippen LogP contribution < -0.4 is 4.90 Å². The fourth-order valence-corrected chi connectivity index (χ4v) is 2.13. The van der Waals surface area contributed by atoms with Gasteiger partial charge >= 0.3 is 5.37 Å². The normalized spacial score (nSPS) is 11.2. The summed E-state index contributed by atoms with van der Waals surface area (Å²) in [7, 11) is -1.68. The van der Waals surface area contributed by atoms with E-state index in [9.17, 15) is 13.2 Å². The second-order valence-electron chi connectivity index (χ2n) is 3.21. The molecule has 4 nitrogen and oxygen atoms in total. The third-order valence-electron chi connectivity index (χ3n) is 2.23. The molecule has 0 N–H and O–H groups in total. The smallest absolute Gasteiger partial charge is 0.302 e. The van der Waals surface area contributed by atoms with E-state index < -0.39 is 15.2 Å². The summed E-state index contributed by atoms with van der Waals surface area (Å²) in [4.78, 5) is 12.3. The lowest BCUT2D eigenvalue weighted by Crippen LogP contribution is -2.19. The first kappa shape index (κ1) is 13.0. The number of amides is 1. The van der Waals surface area contributed by atoms with Crippen molar-refractivity contribution in [1.82, 2.24) is 0 Å². The van der Waals surface area contributed by atoms with Crippen LogP contribution in [0.1, 0.15) is 6.92 Å². The van der Waals surface area contributed by atoms with Crippen molar-refractivity contribution in [1.29, 1.82) is 0 Å². The van der Waals surface area contributed by atoms with Gasteiger partial charge in [-0.15, -0.1) is 0 Å². The van der Waals surface area contributed by atoms with Gasteiger partial charge in [0, 0.05) is 12.7 Å². The van der Waals surface area contributed by atoms with Gasteiger partial charge in [-0.05, 0) is 35.9 Å². The average Bonchev–Trinajstić information content (AvgIpc) is 2.28. The lowest BCUT2D eigenvalue weighted by molar-refractivity contribution is 0.265. The maximum Gasteiger partial charge on any atom is 0.320 e. The molecular formula is C10H12ClNO3S. The molecule has 6 heteroatoms. The van der Waals surface area contributed by atoms with Crippen LogP contribution in [-0.2, 0) is 9.84 Å². The zero-order valence-corrected chi connectivity index (χ0v) is 10.5. The number of benzene rings is 1. The molecular weight excluding hydrogens is 250 g/mol. The van der Waals surface area contributed by atoms with Crippen molar-refractivity contribution in [2.45, 2.75) is 11.8 Å². The SMILES string of the molecule is CCS(=O)(=O)c1ccc(N(C)C(=O)Cl)cc1. The molecule has 16 heavy (non-hydrogen) atoms. The standard InChI is InChI=1S/C10H12ClNO3S/c1-3-16(14,15)9-6-4-8(5-7-9)12(2)10(11)13/h4-7H,3H2,1-2H3. The van der Waals surface area contributed by atoms with Crippen molar-refractivity contribution in [3.05, 3.63) is 24.3 Å². The zero-order chi connectivity index (χ0) is 12.3. The predicted octanol–water partition coefficient (Wildman–Crippen LogP) is 2.28. The van der Waals surface area contributed by atoms with Gasteiger partial charge in [0.1, 0.15) is 0 Å². The molecule has 1 rings (SSSR count). The second kappa shape index (κ2) is 4.84. The Hall–Kier alpha value is -1.07. The summed E-state index contributed by atoms with van der Waals surface area (Å²) in [6.45, 7) is 1.58. The minimum atomic E-state index is -3.20. The van der Waals surface area contributed by atoms with Gasteiger partial charge in [-0.1, -0.05) is 6.92 Å². The van der Waals surface area contributed by atoms with E-state index in [1.54, 1.807) is 19.1 Å². The van der Waals surface area contributed by atoms with Crippen LogP contribution in [0.5, 0.6) is 0 Å². The Kier molecular flexibility index (Phi) is 3.93. The number of hydrogen-bond donors (Lipinski definition) is 0. The van der Waals surface area contributed by atoms with Crippen LogP contribution in [0.15, 0.2) is 29.2 Å². The molecule has 0 atom stereocenters. The van der Waals surface area contributed by atoms with Crippen molar-refractivity contribution in [3.8, 4) is 0 Å². The molecule has 0 saturated heterocycles. The Morgan fingerprint density at radius 1 is 1.31 bits per heavy atom. The summed E-state index contributed by atoms with van der Waals surface area (Å²) in [6.07, 6.45) is 0. The molecule has 0 aliphatic carbocycles. The fourth-order valence-electron chi connectivity index (χ4n) is 1.15. The number of anilines is 1. The van der Waals surface area contributed by atoms with Gasteiger partial charge in [-0.2, -0.15) is 0 Å². The van der Waals surface area contributed by atoms with Gasteiger partial charge in [-0.3, -0.25) is 4.79 Å². The first-order chi connectivity index (χ1) is 7.38. The highest BCUT2D eigenvalue weighted by Gasteiger charge is 2.12. The largest absolute Gasteiger partial charge is 0.320 e. The third-order valence-corrected chi connectivity index (χ3v) is 4.23. The second-order valence-corrected chi connectivity index (χ2v) is 5.81. The van der Waals surface area contributed by atoms with Gasteiger partial charge in [0.15, 0.2) is 9.84 Å². The van der Waals surface area contributed by atoms with Crippen molar-refractivity contribution in [3.63, 3.8) is 0 Å². The lowest BCUT2D eigenvalue weighted by Gasteiger charge is -2.13. The molecule has 1 aromatic carbocycles. The van der Waals surface area contributed by atoms with Crippen molar-refractivity contribution in [2.24, 2.45) is 0 Å². The van der Waals surface area contributed by atoms with Crippen LogP contribution in [-0.4, -0.2) is 26.6 Å². The van der Waals surface area contributed by atoms with Crippen molar-refractivity contribution in [2.75, 3.05) is 17.7 Å². The Morgan fingerprint density at radius 3 is 2.19 bits per heavy atom. The lowest BCUT2D eigenvalue weighted by atomic mass is 10.3. The maximum atomic E-state index is 11.5. The predicted molar refractivity (Wildman–Crippen MR) is 63.8 cm³/mol. The molecule has 1 amide bonds. The zero-order valence-electron chi connectivity index (χ0n) is 8.97. The Balaban J connectivity index is 3.05. The summed E-state index contributed by atoms with van der Waals surface area (Å²) in [5.41, 5.74) is 0.551. The fraction of sp³-hybridized carbons (Fsp3) is 0.300. The molecule has 0 radical (unpaired) electrons. The summed E-state index contributed by atoms with van der Waals surface area (Å²) >= 11 is 5.29. The quantitative estimate of drug-likeness (QED) is 0.620. The van der Waals surface area contributed by atoms with Crippen LogP contribution in [0.2, 0.25) is 0 Å². The molecule has 1 aromatic rings. The summed E-state index contributed by atoms with van der Waals surface area (Å²) < 4.78 is 23.0. The minimum Gasteiger partial charge on any atom is -0.302 e. The highest BCUT2D eigenvalue weighted by Crippen LogP contribution is 2.18. The molecule has 88 valence electrons. The van der Waals surface area contributed by atoms with Crippen molar-refractivity contribution < 1.29 is 13.2 Å². The Labute approximate surface area is 99.7 Å². The summed E-state index contributed by atoms with van der Waals surface area (Å²) in [5.74, 6) is 0.0522. The van der Waals surface area contributed by atoms with Gasteiger partial charge < -0.3 is 4.90 Å². The van der Waals surface area contributed by atoms with Crippen LogP contribution in [0.25, 0.3) is 0 Å². The third kappa shape index (κ3) is 2.74. The summed E-state index contributed by atoms with van der Waals surface area (Å²) in [5, 5.41) is -0.619. The van der Waals surface area contributed by atoms with Crippen LogP contribution in [0.4, 0.5) is 10.5 Å². The first-order valence-corrected chi connectivity index (χ1v) is 6.67. The Morgan fingerprint density at radius 2 is 1.81 bits per heavy atom. The van der Waals surface area contributed by atoms with E-state index in [0.29, 0.717) is 5.69 Å². The molecule has 0 spiro atoms. The number of halogens is 1. The van der Waals surface area contributed by atoms with E-state index in [1.807, 2.05) is 0 Å². The molecule has 0 saturated carbocycles. The molecule has 0 aromatic heterocycles. The van der Waals surface area contributed by atoms with Gasteiger partial charge in [-0.25, -0.2) is 8.42 Å². The first-order valence-electron chi connectivity index (χ1n) is 4.64. The number of rotatable bonds is 3.